The Labute approximate surface area is 189 Å². The Morgan fingerprint density at radius 1 is 1.16 bits per heavy atom. The van der Waals surface area contributed by atoms with E-state index in [1.807, 2.05) is 42.3 Å². The molecule has 1 unspecified atom stereocenters. The largest absolute Gasteiger partial charge is 0.497 e. The Balaban J connectivity index is 1.70. The van der Waals surface area contributed by atoms with Crippen molar-refractivity contribution >= 4 is 5.96 Å². The minimum Gasteiger partial charge on any atom is -0.497 e. The van der Waals surface area contributed by atoms with Gasteiger partial charge in [0.2, 0.25) is 0 Å². The number of nitrogens with zero attached hydrogens (tertiary/aromatic N) is 3. The van der Waals surface area contributed by atoms with Crippen LogP contribution in [0.4, 0.5) is 4.39 Å². The Kier molecular flexibility index (Phi) is 8.70. The predicted octanol–water partition coefficient (Wildman–Crippen LogP) is 2.92. The van der Waals surface area contributed by atoms with Crippen LogP contribution in [0.3, 0.4) is 0 Å². The van der Waals surface area contributed by atoms with Gasteiger partial charge in [-0.05, 0) is 29.8 Å². The average Bonchev–Trinajstić information content (AvgIpc) is 2.83. The molecule has 0 saturated carbocycles. The number of hydrogen-bond donors (Lipinski definition) is 1. The number of methoxy groups -OCH3 is 2. The van der Waals surface area contributed by atoms with Gasteiger partial charge >= 0.3 is 0 Å². The zero-order valence-electron chi connectivity index (χ0n) is 19.3. The maximum atomic E-state index is 13.5. The van der Waals surface area contributed by atoms with Crippen LogP contribution in [0.25, 0.3) is 0 Å². The molecule has 2 aromatic carbocycles. The molecule has 1 heterocycles. The van der Waals surface area contributed by atoms with Gasteiger partial charge in [-0.25, -0.2) is 4.39 Å². The third-order valence-corrected chi connectivity index (χ3v) is 5.67. The highest BCUT2D eigenvalue weighted by Gasteiger charge is 2.23. The Bertz CT molecular complexity index is 885. The molecule has 0 aromatic heterocycles. The van der Waals surface area contributed by atoms with Crippen LogP contribution in [0.15, 0.2) is 47.5 Å². The maximum absolute atomic E-state index is 13.5. The topological polar surface area (TPSA) is 58.6 Å². The highest BCUT2D eigenvalue weighted by atomic mass is 19.1. The number of aliphatic imine (C=N–C) groups is 1. The first kappa shape index (κ1) is 23.8. The molecule has 3 rings (SSSR count). The molecule has 1 N–H and O–H groups in total. The predicted molar refractivity (Wildman–Crippen MR) is 124 cm³/mol. The second-order valence-corrected chi connectivity index (χ2v) is 7.68. The van der Waals surface area contributed by atoms with Gasteiger partial charge in [-0.2, -0.15) is 0 Å². The molecule has 0 bridgehead atoms. The molecule has 2 aromatic rings. The van der Waals surface area contributed by atoms with Crippen LogP contribution >= 0.6 is 0 Å². The molecule has 7 nitrogen and oxygen atoms in total. The summed E-state index contributed by atoms with van der Waals surface area (Å²) >= 11 is 0. The monoisotopic (exact) mass is 444 g/mol. The Hall–Kier alpha value is -2.84. The third-order valence-electron chi connectivity index (χ3n) is 5.67. The van der Waals surface area contributed by atoms with Crippen LogP contribution in [0.2, 0.25) is 0 Å². The lowest BCUT2D eigenvalue weighted by molar-refractivity contribution is 0.0169. The minimum atomic E-state index is -0.230. The van der Waals surface area contributed by atoms with Gasteiger partial charge in [0.1, 0.15) is 17.3 Å². The lowest BCUT2D eigenvalue weighted by Gasteiger charge is -2.35. The standard InChI is InChI=1S/C24H33FN4O3/c1-26-24(28(2)17-19-7-10-21(30-3)15-23(19)31-4)27-16-22(29-11-13-32-14-12-29)18-5-8-20(25)9-6-18/h5-10,15,22H,11-14,16-17H2,1-4H3,(H,26,27). The van der Waals surface area contributed by atoms with E-state index in [4.69, 9.17) is 14.2 Å². The van der Waals surface area contributed by atoms with Crippen LogP contribution in [0, 0.1) is 5.82 Å². The van der Waals surface area contributed by atoms with Crippen molar-refractivity contribution in [3.05, 3.63) is 59.4 Å². The van der Waals surface area contributed by atoms with Crippen LogP contribution in [-0.2, 0) is 11.3 Å². The van der Waals surface area contributed by atoms with E-state index in [9.17, 15) is 4.39 Å². The van der Waals surface area contributed by atoms with Crippen molar-refractivity contribution in [3.63, 3.8) is 0 Å². The fourth-order valence-electron chi connectivity index (χ4n) is 3.92. The summed E-state index contributed by atoms with van der Waals surface area (Å²) in [6.45, 7) is 4.32. The zero-order chi connectivity index (χ0) is 22.9. The highest BCUT2D eigenvalue weighted by Crippen LogP contribution is 2.26. The lowest BCUT2D eigenvalue weighted by Crippen LogP contribution is -2.46. The Morgan fingerprint density at radius 2 is 1.88 bits per heavy atom. The number of ether oxygens (including phenoxy) is 3. The van der Waals surface area contributed by atoms with Gasteiger partial charge in [-0.1, -0.05) is 12.1 Å². The molecule has 1 saturated heterocycles. The van der Waals surface area contributed by atoms with Gasteiger partial charge in [0, 0.05) is 51.9 Å². The molecule has 8 heteroatoms. The van der Waals surface area contributed by atoms with E-state index >= 15 is 0 Å². The van der Waals surface area contributed by atoms with E-state index in [2.05, 4.69) is 15.2 Å². The van der Waals surface area contributed by atoms with Crippen LogP contribution in [0.5, 0.6) is 11.5 Å². The van der Waals surface area contributed by atoms with Crippen molar-refractivity contribution in [2.45, 2.75) is 12.6 Å². The molecule has 0 radical (unpaired) electrons. The molecular formula is C24H33FN4O3. The number of morpholine rings is 1. The Morgan fingerprint density at radius 3 is 2.50 bits per heavy atom. The number of benzene rings is 2. The minimum absolute atomic E-state index is 0.0835. The molecule has 32 heavy (non-hydrogen) atoms. The van der Waals surface area contributed by atoms with Gasteiger partial charge in [-0.3, -0.25) is 9.89 Å². The quantitative estimate of drug-likeness (QED) is 0.499. The van der Waals surface area contributed by atoms with Crippen molar-refractivity contribution in [1.29, 1.82) is 0 Å². The second-order valence-electron chi connectivity index (χ2n) is 7.68. The van der Waals surface area contributed by atoms with Gasteiger partial charge in [-0.15, -0.1) is 0 Å². The number of hydrogen-bond acceptors (Lipinski definition) is 5. The summed E-state index contributed by atoms with van der Waals surface area (Å²) in [6.07, 6.45) is 0. The van der Waals surface area contributed by atoms with Crippen LogP contribution in [-0.4, -0.2) is 76.9 Å². The molecule has 0 spiro atoms. The summed E-state index contributed by atoms with van der Waals surface area (Å²) in [5.41, 5.74) is 2.10. The van der Waals surface area contributed by atoms with Gasteiger partial charge in [0.15, 0.2) is 5.96 Å². The third kappa shape index (κ3) is 6.11. The highest BCUT2D eigenvalue weighted by molar-refractivity contribution is 5.79. The smallest absolute Gasteiger partial charge is 0.193 e. The molecule has 0 aliphatic carbocycles. The molecule has 1 aliphatic heterocycles. The van der Waals surface area contributed by atoms with Crippen molar-refractivity contribution in [3.8, 4) is 11.5 Å². The molecule has 0 amide bonds. The van der Waals surface area contributed by atoms with E-state index in [0.717, 1.165) is 41.7 Å². The van der Waals surface area contributed by atoms with Crippen molar-refractivity contribution in [2.24, 2.45) is 4.99 Å². The summed E-state index contributed by atoms with van der Waals surface area (Å²) in [5.74, 6) is 2.06. The van der Waals surface area contributed by atoms with E-state index in [-0.39, 0.29) is 11.9 Å². The summed E-state index contributed by atoms with van der Waals surface area (Å²) in [5, 5.41) is 3.49. The van der Waals surface area contributed by atoms with E-state index in [0.29, 0.717) is 26.3 Å². The molecule has 1 aliphatic rings. The first-order valence-corrected chi connectivity index (χ1v) is 10.8. The normalized spacial score (nSPS) is 15.8. The van der Waals surface area contributed by atoms with Crippen LogP contribution in [0.1, 0.15) is 17.2 Å². The summed E-state index contributed by atoms with van der Waals surface area (Å²) in [6, 6.07) is 12.6. The van der Waals surface area contributed by atoms with Gasteiger partial charge in [0.25, 0.3) is 0 Å². The molecular weight excluding hydrogens is 411 g/mol. The summed E-state index contributed by atoms with van der Waals surface area (Å²) < 4.78 is 29.8. The van der Waals surface area contributed by atoms with Crippen LogP contribution < -0.4 is 14.8 Å². The lowest BCUT2D eigenvalue weighted by atomic mass is 10.0. The first-order valence-electron chi connectivity index (χ1n) is 10.8. The molecule has 174 valence electrons. The van der Waals surface area contributed by atoms with Crippen molar-refractivity contribution < 1.29 is 18.6 Å². The van der Waals surface area contributed by atoms with E-state index < -0.39 is 0 Å². The number of rotatable bonds is 8. The number of halogens is 1. The molecule has 1 atom stereocenters. The van der Waals surface area contributed by atoms with Crippen molar-refractivity contribution in [1.82, 2.24) is 15.1 Å². The fourth-order valence-corrected chi connectivity index (χ4v) is 3.92. The maximum Gasteiger partial charge on any atom is 0.193 e. The zero-order valence-corrected chi connectivity index (χ0v) is 19.3. The van der Waals surface area contributed by atoms with Gasteiger partial charge in [0.05, 0.1) is 33.5 Å². The second kappa shape index (κ2) is 11.7. The van der Waals surface area contributed by atoms with Gasteiger partial charge < -0.3 is 24.4 Å². The fraction of sp³-hybridized carbons (Fsp3) is 0.458. The first-order chi connectivity index (χ1) is 15.5. The van der Waals surface area contributed by atoms with E-state index in [1.54, 1.807) is 21.3 Å². The number of guanidine groups is 1. The summed E-state index contributed by atoms with van der Waals surface area (Å²) in [4.78, 5) is 8.87. The average molecular weight is 445 g/mol. The SMILES string of the molecule is CN=C(NCC(c1ccc(F)cc1)N1CCOCC1)N(C)Cc1ccc(OC)cc1OC. The van der Waals surface area contributed by atoms with E-state index in [1.165, 1.54) is 12.1 Å². The van der Waals surface area contributed by atoms with Crippen molar-refractivity contribution in [2.75, 3.05) is 61.2 Å². The number of nitrogens with one attached hydrogen (secondary N) is 1. The molecule has 1 fully saturated rings. The summed E-state index contributed by atoms with van der Waals surface area (Å²) in [7, 11) is 7.05.